The average molecular weight is 589 g/mol. The van der Waals surface area contributed by atoms with E-state index in [9.17, 15) is 9.59 Å². The molecule has 0 bridgehead atoms. The van der Waals surface area contributed by atoms with E-state index in [1.165, 1.54) is 0 Å². The van der Waals surface area contributed by atoms with Crippen LogP contribution in [-0.2, 0) is 16.0 Å². The molecular weight excluding hydrogens is 566 g/mol. The zero-order valence-electron chi connectivity index (χ0n) is 17.5. The van der Waals surface area contributed by atoms with E-state index in [0.717, 1.165) is 16.5 Å². The molecule has 8 nitrogen and oxygen atoms in total. The number of halogens is 2. The highest BCUT2D eigenvalue weighted by atomic mass is 79.9. The van der Waals surface area contributed by atoms with Crippen molar-refractivity contribution in [1.82, 2.24) is 16.2 Å². The highest BCUT2D eigenvalue weighted by Gasteiger charge is 2.12. The predicted molar refractivity (Wildman–Crippen MR) is 132 cm³/mol. The molecule has 0 saturated carbocycles. The van der Waals surface area contributed by atoms with Crippen molar-refractivity contribution in [2.75, 3.05) is 26.9 Å². The van der Waals surface area contributed by atoms with Crippen LogP contribution in [0.25, 0.3) is 0 Å². The van der Waals surface area contributed by atoms with Crippen molar-refractivity contribution in [3.63, 3.8) is 0 Å². The third-order valence-electron chi connectivity index (χ3n) is 4.04. The third-order valence-corrected chi connectivity index (χ3v) is 5.49. The van der Waals surface area contributed by atoms with Crippen LogP contribution >= 0.6 is 44.1 Å². The zero-order chi connectivity index (χ0) is 23.5. The lowest BCUT2D eigenvalue weighted by Crippen LogP contribution is -2.49. The number of amides is 2. The summed E-state index contributed by atoms with van der Waals surface area (Å²) in [6, 6.07) is 10.5. The number of methoxy groups -OCH3 is 1. The smallest absolute Gasteiger partial charge is 0.276 e. The fourth-order valence-corrected chi connectivity index (χ4v) is 3.57. The Balaban J connectivity index is 1.77. The predicted octanol–water partition coefficient (Wildman–Crippen LogP) is 3.51. The minimum atomic E-state index is -0.464. The van der Waals surface area contributed by atoms with Crippen LogP contribution in [0.5, 0.6) is 11.5 Å². The van der Waals surface area contributed by atoms with Gasteiger partial charge < -0.3 is 14.2 Å². The maximum absolute atomic E-state index is 12.4. The van der Waals surface area contributed by atoms with Crippen LogP contribution in [0.4, 0.5) is 0 Å². The van der Waals surface area contributed by atoms with E-state index in [1.807, 2.05) is 12.1 Å². The van der Waals surface area contributed by atoms with Gasteiger partial charge in [-0.25, -0.2) is 0 Å². The van der Waals surface area contributed by atoms with Gasteiger partial charge in [0.2, 0.25) is 0 Å². The van der Waals surface area contributed by atoms with E-state index in [4.69, 9.17) is 26.4 Å². The summed E-state index contributed by atoms with van der Waals surface area (Å²) in [4.78, 5) is 24.3. The lowest BCUT2D eigenvalue weighted by atomic mass is 10.2. The molecular formula is C21H23Br2N3O5S. The third kappa shape index (κ3) is 8.38. The first-order valence-electron chi connectivity index (χ1n) is 9.56. The highest BCUT2D eigenvalue weighted by Crippen LogP contribution is 2.27. The van der Waals surface area contributed by atoms with E-state index >= 15 is 0 Å². The number of carbonyl (C=O) groups is 2. The normalized spacial score (nSPS) is 10.2. The molecule has 0 aromatic heterocycles. The number of carbonyl (C=O) groups excluding carboxylic acids is 2. The molecule has 32 heavy (non-hydrogen) atoms. The van der Waals surface area contributed by atoms with Gasteiger partial charge in [0.15, 0.2) is 11.7 Å². The minimum absolute atomic E-state index is 0.0617. The molecule has 0 unspecified atom stereocenters. The first-order valence-corrected chi connectivity index (χ1v) is 11.6. The van der Waals surface area contributed by atoms with Gasteiger partial charge in [-0.05, 0) is 86.4 Å². The van der Waals surface area contributed by atoms with Crippen LogP contribution in [0.3, 0.4) is 0 Å². The Morgan fingerprint density at radius 3 is 2.31 bits per heavy atom. The summed E-state index contributed by atoms with van der Waals surface area (Å²) < 4.78 is 17.3. The van der Waals surface area contributed by atoms with E-state index in [-0.39, 0.29) is 11.7 Å². The maximum atomic E-state index is 12.4. The van der Waals surface area contributed by atoms with Gasteiger partial charge in [-0.3, -0.25) is 25.8 Å². The van der Waals surface area contributed by atoms with Crippen LogP contribution < -0.4 is 25.6 Å². The lowest BCUT2D eigenvalue weighted by molar-refractivity contribution is -0.123. The van der Waals surface area contributed by atoms with Crippen molar-refractivity contribution in [3.8, 4) is 11.5 Å². The fourth-order valence-electron chi connectivity index (χ4n) is 2.39. The number of hydrogen-bond acceptors (Lipinski definition) is 6. The summed E-state index contributed by atoms with van der Waals surface area (Å²) in [7, 11) is 1.59. The summed E-state index contributed by atoms with van der Waals surface area (Å²) in [6.45, 7) is 2.66. The topological polar surface area (TPSA) is 97.9 Å². The van der Waals surface area contributed by atoms with Crippen LogP contribution in [-0.4, -0.2) is 43.9 Å². The minimum Gasteiger partial charge on any atom is -0.490 e. The Morgan fingerprint density at radius 2 is 1.66 bits per heavy atom. The molecule has 0 aliphatic heterocycles. The zero-order valence-corrected chi connectivity index (χ0v) is 21.5. The van der Waals surface area contributed by atoms with Crippen molar-refractivity contribution in [2.45, 2.75) is 13.3 Å². The number of aryl methyl sites for hydroxylation is 1. The maximum Gasteiger partial charge on any atom is 0.276 e. The molecule has 2 aromatic rings. The number of thiocarbonyl (C=S) groups is 1. The number of benzene rings is 2. The standard InChI is InChI=1S/C21H23Br2N3O5S/c1-3-13-4-6-18(15(22)10-13)31-12-19(27)25-26-21(32)24-20(28)14-5-7-17(16(23)11-14)30-9-8-29-2/h4-7,10-11H,3,8-9,12H2,1-2H3,(H,25,27)(H2,24,26,28,32). The SMILES string of the molecule is CCc1ccc(OCC(=O)NNC(=S)NC(=O)c2ccc(OCCOC)c(Br)c2)c(Br)c1. The Bertz CT molecular complexity index is 974. The first-order chi connectivity index (χ1) is 15.3. The number of hydrazine groups is 1. The van der Waals surface area contributed by atoms with Crippen LogP contribution in [0, 0.1) is 0 Å². The van der Waals surface area contributed by atoms with Crippen LogP contribution in [0.1, 0.15) is 22.8 Å². The molecule has 0 saturated heterocycles. The summed E-state index contributed by atoms with van der Waals surface area (Å²) >= 11 is 11.8. The summed E-state index contributed by atoms with van der Waals surface area (Å²) in [5.74, 6) is 0.224. The molecule has 2 aromatic carbocycles. The Hall–Kier alpha value is -2.21. The molecule has 0 fully saturated rings. The molecule has 11 heteroatoms. The Kier molecular flexibility index (Phi) is 10.9. The molecule has 2 amide bonds. The van der Waals surface area contributed by atoms with Crippen molar-refractivity contribution in [3.05, 3.63) is 56.5 Å². The number of hydrogen-bond donors (Lipinski definition) is 3. The van der Waals surface area contributed by atoms with E-state index in [0.29, 0.717) is 34.7 Å². The van der Waals surface area contributed by atoms with Gasteiger partial charge >= 0.3 is 0 Å². The molecule has 3 N–H and O–H groups in total. The largest absolute Gasteiger partial charge is 0.490 e. The van der Waals surface area contributed by atoms with Gasteiger partial charge in [0, 0.05) is 12.7 Å². The Morgan fingerprint density at radius 1 is 0.969 bits per heavy atom. The molecule has 0 atom stereocenters. The van der Waals surface area contributed by atoms with Gasteiger partial charge in [-0.15, -0.1) is 0 Å². The number of rotatable bonds is 9. The van der Waals surface area contributed by atoms with E-state index in [2.05, 4.69) is 55.0 Å². The molecule has 0 radical (unpaired) electrons. The van der Waals surface area contributed by atoms with Gasteiger partial charge in [0.05, 0.1) is 15.6 Å². The van der Waals surface area contributed by atoms with Gasteiger partial charge in [-0.2, -0.15) is 0 Å². The summed E-state index contributed by atoms with van der Waals surface area (Å²) in [5, 5.41) is 2.42. The fraction of sp³-hybridized carbons (Fsp3) is 0.286. The van der Waals surface area contributed by atoms with Gasteiger partial charge in [-0.1, -0.05) is 13.0 Å². The second-order valence-electron chi connectivity index (χ2n) is 6.35. The molecule has 172 valence electrons. The van der Waals surface area contributed by atoms with Crippen molar-refractivity contribution < 1.29 is 23.8 Å². The van der Waals surface area contributed by atoms with Crippen molar-refractivity contribution in [2.24, 2.45) is 0 Å². The number of ether oxygens (including phenoxy) is 3. The quantitative estimate of drug-likeness (QED) is 0.234. The second kappa shape index (κ2) is 13.4. The molecule has 0 aliphatic rings. The Labute approximate surface area is 208 Å². The average Bonchev–Trinajstić information content (AvgIpc) is 2.77. The molecule has 2 rings (SSSR count). The summed E-state index contributed by atoms with van der Waals surface area (Å²) in [6.07, 6.45) is 0.899. The number of nitrogens with one attached hydrogen (secondary N) is 3. The van der Waals surface area contributed by atoms with Gasteiger partial charge in [0.25, 0.3) is 11.8 Å². The van der Waals surface area contributed by atoms with Crippen LogP contribution in [0.15, 0.2) is 45.3 Å². The molecule has 0 aliphatic carbocycles. The monoisotopic (exact) mass is 587 g/mol. The summed E-state index contributed by atoms with van der Waals surface area (Å²) in [5.41, 5.74) is 6.35. The molecule has 0 spiro atoms. The first kappa shape index (κ1) is 26.0. The van der Waals surface area contributed by atoms with Crippen LogP contribution in [0.2, 0.25) is 0 Å². The van der Waals surface area contributed by atoms with Gasteiger partial charge in [0.1, 0.15) is 18.1 Å². The van der Waals surface area contributed by atoms with E-state index in [1.54, 1.807) is 31.4 Å². The molecule has 0 heterocycles. The van der Waals surface area contributed by atoms with E-state index < -0.39 is 11.8 Å². The highest BCUT2D eigenvalue weighted by molar-refractivity contribution is 9.10. The second-order valence-corrected chi connectivity index (χ2v) is 8.47. The lowest BCUT2D eigenvalue weighted by Gasteiger charge is -2.13. The van der Waals surface area contributed by atoms with Crippen molar-refractivity contribution >= 4 is 61.0 Å². The van der Waals surface area contributed by atoms with Crippen molar-refractivity contribution in [1.29, 1.82) is 0 Å².